The van der Waals surface area contributed by atoms with Gasteiger partial charge in [-0.05, 0) is 41.7 Å². The molecule has 1 saturated carbocycles. The third-order valence-corrected chi connectivity index (χ3v) is 5.89. The van der Waals surface area contributed by atoms with Gasteiger partial charge in [0, 0.05) is 9.78 Å². The zero-order chi connectivity index (χ0) is 12.8. The Hall–Kier alpha value is -0.640. The SMILES string of the molecule is C=C/C=C\SS/C(=C1/CCCC1=C)c1cccs1. The third kappa shape index (κ3) is 3.44. The van der Waals surface area contributed by atoms with Crippen molar-refractivity contribution in [2.24, 2.45) is 0 Å². The standard InChI is InChI=1S/C15H16S3/c1-3-4-11-17-18-15(14-9-6-10-16-14)13-8-5-7-12(13)2/h3-4,6,9-11H,1-2,5,7-8H2/b11-4-,15-13-. The second kappa shape index (κ2) is 7.07. The summed E-state index contributed by atoms with van der Waals surface area (Å²) in [6.07, 6.45) is 7.34. The summed E-state index contributed by atoms with van der Waals surface area (Å²) in [5.41, 5.74) is 2.78. The van der Waals surface area contributed by atoms with Crippen molar-refractivity contribution in [2.75, 3.05) is 0 Å². The fraction of sp³-hybridized carbons (Fsp3) is 0.200. The lowest BCUT2D eigenvalue weighted by Crippen LogP contribution is -1.82. The van der Waals surface area contributed by atoms with Crippen LogP contribution in [0.1, 0.15) is 24.1 Å². The van der Waals surface area contributed by atoms with Crippen LogP contribution in [0.25, 0.3) is 4.91 Å². The van der Waals surface area contributed by atoms with Crippen LogP contribution in [0, 0.1) is 0 Å². The minimum atomic E-state index is 1.15. The van der Waals surface area contributed by atoms with Crippen molar-refractivity contribution in [3.8, 4) is 0 Å². The van der Waals surface area contributed by atoms with Crippen molar-refractivity contribution < 1.29 is 0 Å². The highest BCUT2D eigenvalue weighted by molar-refractivity contribution is 8.81. The van der Waals surface area contributed by atoms with Crippen molar-refractivity contribution in [3.63, 3.8) is 0 Å². The summed E-state index contributed by atoms with van der Waals surface area (Å²) in [5, 5.41) is 4.21. The van der Waals surface area contributed by atoms with Gasteiger partial charge >= 0.3 is 0 Å². The summed E-state index contributed by atoms with van der Waals surface area (Å²) < 4.78 is 0. The van der Waals surface area contributed by atoms with Crippen LogP contribution in [-0.2, 0) is 0 Å². The van der Waals surface area contributed by atoms with Crippen LogP contribution >= 0.6 is 32.9 Å². The molecule has 1 aromatic rings. The van der Waals surface area contributed by atoms with Gasteiger partial charge in [0.2, 0.25) is 0 Å². The first-order valence-corrected chi connectivity index (χ1v) is 8.98. The molecule has 1 aliphatic rings. The van der Waals surface area contributed by atoms with Gasteiger partial charge in [-0.25, -0.2) is 0 Å². The highest BCUT2D eigenvalue weighted by atomic mass is 33.1. The van der Waals surface area contributed by atoms with Crippen LogP contribution in [-0.4, -0.2) is 0 Å². The first-order valence-electron chi connectivity index (χ1n) is 5.89. The normalized spacial score (nSPS) is 18.6. The summed E-state index contributed by atoms with van der Waals surface area (Å²) in [6, 6.07) is 4.31. The molecule has 18 heavy (non-hydrogen) atoms. The van der Waals surface area contributed by atoms with E-state index in [2.05, 4.69) is 36.1 Å². The summed E-state index contributed by atoms with van der Waals surface area (Å²) >= 11 is 1.81. The van der Waals surface area contributed by atoms with Gasteiger partial charge in [0.25, 0.3) is 0 Å². The molecule has 0 aromatic carbocycles. The highest BCUT2D eigenvalue weighted by Gasteiger charge is 2.18. The van der Waals surface area contributed by atoms with Crippen LogP contribution in [0.15, 0.2) is 59.4 Å². The van der Waals surface area contributed by atoms with Crippen LogP contribution in [0.5, 0.6) is 0 Å². The summed E-state index contributed by atoms with van der Waals surface area (Å²) in [5.74, 6) is 0. The van der Waals surface area contributed by atoms with E-state index in [-0.39, 0.29) is 0 Å². The molecule has 0 unspecified atom stereocenters. The summed E-state index contributed by atoms with van der Waals surface area (Å²) in [7, 11) is 3.58. The molecule has 0 nitrogen and oxygen atoms in total. The molecule has 0 aliphatic heterocycles. The zero-order valence-corrected chi connectivity index (χ0v) is 12.7. The molecule has 0 N–H and O–H groups in total. The van der Waals surface area contributed by atoms with E-state index in [9.17, 15) is 0 Å². The minimum Gasteiger partial charge on any atom is -0.143 e. The molecular weight excluding hydrogens is 276 g/mol. The predicted octanol–water partition coefficient (Wildman–Crippen LogP) is 6.28. The Bertz CT molecular complexity index is 478. The Kier molecular flexibility index (Phi) is 5.42. The van der Waals surface area contributed by atoms with Gasteiger partial charge < -0.3 is 0 Å². The number of allylic oxidation sites excluding steroid dienone is 4. The minimum absolute atomic E-state index is 1.15. The van der Waals surface area contributed by atoms with Crippen molar-refractivity contribution in [3.05, 3.63) is 64.3 Å². The molecule has 0 atom stereocenters. The van der Waals surface area contributed by atoms with Crippen LogP contribution in [0.2, 0.25) is 0 Å². The molecule has 0 saturated heterocycles. The maximum Gasteiger partial charge on any atom is 0.0417 e. The molecule has 0 spiro atoms. The maximum absolute atomic E-state index is 4.20. The first-order chi connectivity index (χ1) is 8.83. The van der Waals surface area contributed by atoms with Gasteiger partial charge in [0.15, 0.2) is 0 Å². The summed E-state index contributed by atoms with van der Waals surface area (Å²) in [4.78, 5) is 2.75. The van der Waals surface area contributed by atoms with E-state index in [1.54, 1.807) is 28.2 Å². The van der Waals surface area contributed by atoms with Gasteiger partial charge in [-0.15, -0.1) is 11.3 Å². The van der Waals surface area contributed by atoms with E-state index in [0.717, 1.165) is 6.42 Å². The van der Waals surface area contributed by atoms with Crippen molar-refractivity contribution in [1.82, 2.24) is 0 Å². The molecule has 0 radical (unpaired) electrons. The van der Waals surface area contributed by atoms with Crippen molar-refractivity contribution in [1.29, 1.82) is 0 Å². The number of hydrogen-bond acceptors (Lipinski definition) is 3. The van der Waals surface area contributed by atoms with E-state index in [0.29, 0.717) is 0 Å². The molecule has 1 aromatic heterocycles. The van der Waals surface area contributed by atoms with E-state index in [4.69, 9.17) is 0 Å². The van der Waals surface area contributed by atoms with E-state index >= 15 is 0 Å². The fourth-order valence-electron chi connectivity index (χ4n) is 1.89. The Morgan fingerprint density at radius 3 is 2.89 bits per heavy atom. The molecule has 3 heteroatoms. The Morgan fingerprint density at radius 1 is 1.39 bits per heavy atom. The van der Waals surface area contributed by atoms with Crippen LogP contribution < -0.4 is 0 Å². The van der Waals surface area contributed by atoms with Gasteiger partial charge in [0.1, 0.15) is 0 Å². The molecule has 1 heterocycles. The lowest BCUT2D eigenvalue weighted by atomic mass is 10.1. The average molecular weight is 292 g/mol. The molecule has 0 bridgehead atoms. The molecule has 2 rings (SSSR count). The topological polar surface area (TPSA) is 0 Å². The lowest BCUT2D eigenvalue weighted by molar-refractivity contribution is 0.934. The van der Waals surface area contributed by atoms with E-state index < -0.39 is 0 Å². The maximum atomic E-state index is 4.20. The predicted molar refractivity (Wildman–Crippen MR) is 88.7 cm³/mol. The Morgan fingerprint density at radius 2 is 2.28 bits per heavy atom. The Labute approximate surface area is 121 Å². The van der Waals surface area contributed by atoms with Crippen molar-refractivity contribution >= 4 is 37.8 Å². The Balaban J connectivity index is 2.21. The molecule has 94 valence electrons. The second-order valence-corrected chi connectivity index (χ2v) is 7.05. The number of rotatable bonds is 5. The largest absolute Gasteiger partial charge is 0.143 e. The first kappa shape index (κ1) is 13.8. The number of thiophene rings is 1. The second-order valence-electron chi connectivity index (χ2n) is 3.99. The molecular formula is C15H16S3. The molecule has 0 amide bonds. The monoisotopic (exact) mass is 292 g/mol. The van der Waals surface area contributed by atoms with Gasteiger partial charge in [-0.2, -0.15) is 0 Å². The van der Waals surface area contributed by atoms with Crippen LogP contribution in [0.3, 0.4) is 0 Å². The lowest BCUT2D eigenvalue weighted by Gasteiger charge is -2.08. The number of hydrogen-bond donors (Lipinski definition) is 0. The quantitative estimate of drug-likeness (QED) is 0.462. The van der Waals surface area contributed by atoms with Gasteiger partial charge in [-0.3, -0.25) is 0 Å². The highest BCUT2D eigenvalue weighted by Crippen LogP contribution is 2.46. The van der Waals surface area contributed by atoms with Gasteiger partial charge in [-0.1, -0.05) is 58.5 Å². The van der Waals surface area contributed by atoms with Gasteiger partial charge in [0.05, 0.1) is 0 Å². The fourth-order valence-corrected chi connectivity index (χ4v) is 5.05. The smallest absolute Gasteiger partial charge is 0.0417 e. The third-order valence-electron chi connectivity index (χ3n) is 2.75. The van der Waals surface area contributed by atoms with Crippen molar-refractivity contribution in [2.45, 2.75) is 19.3 Å². The average Bonchev–Trinajstić information content (AvgIpc) is 3.01. The zero-order valence-electron chi connectivity index (χ0n) is 10.2. The molecule has 1 aliphatic carbocycles. The summed E-state index contributed by atoms with van der Waals surface area (Å²) in [6.45, 7) is 7.88. The van der Waals surface area contributed by atoms with Crippen LogP contribution in [0.4, 0.5) is 0 Å². The van der Waals surface area contributed by atoms with E-state index in [1.165, 1.54) is 33.8 Å². The molecule has 1 fully saturated rings. The van der Waals surface area contributed by atoms with E-state index in [1.807, 2.05) is 16.9 Å².